The Bertz CT molecular complexity index is 782. The summed E-state index contributed by atoms with van der Waals surface area (Å²) in [7, 11) is 0. The molecule has 0 fully saturated rings. The fourth-order valence-corrected chi connectivity index (χ4v) is 2.32. The smallest absolute Gasteiger partial charge is 0.259 e. The number of anilines is 1. The van der Waals surface area contributed by atoms with Crippen LogP contribution in [0.3, 0.4) is 0 Å². The van der Waals surface area contributed by atoms with Crippen LogP contribution in [-0.4, -0.2) is 34.9 Å². The van der Waals surface area contributed by atoms with Gasteiger partial charge < -0.3 is 14.6 Å². The minimum Gasteiger partial charge on any atom is -0.382 e. The summed E-state index contributed by atoms with van der Waals surface area (Å²) in [6.07, 6.45) is 2.68. The molecule has 1 N–H and O–H groups in total. The van der Waals surface area contributed by atoms with Crippen molar-refractivity contribution in [1.29, 1.82) is 0 Å². The Morgan fingerprint density at radius 2 is 1.88 bits per heavy atom. The van der Waals surface area contributed by atoms with E-state index in [0.717, 1.165) is 43.1 Å². The van der Waals surface area contributed by atoms with Gasteiger partial charge in [-0.15, -0.1) is 0 Å². The predicted octanol–water partition coefficient (Wildman–Crippen LogP) is 3.95. The van der Waals surface area contributed by atoms with Gasteiger partial charge in [0.15, 0.2) is 0 Å². The molecular formula is C19H22N4O2. The first-order valence-electron chi connectivity index (χ1n) is 8.45. The second kappa shape index (κ2) is 8.39. The Balaban J connectivity index is 1.62. The number of aryl methyl sites for hydroxylation is 1. The second-order valence-corrected chi connectivity index (χ2v) is 5.70. The van der Waals surface area contributed by atoms with E-state index in [2.05, 4.69) is 20.4 Å². The first-order chi connectivity index (χ1) is 12.3. The van der Waals surface area contributed by atoms with E-state index >= 15 is 0 Å². The molecule has 0 atom stereocenters. The van der Waals surface area contributed by atoms with E-state index in [1.807, 2.05) is 50.2 Å². The third-order valence-corrected chi connectivity index (χ3v) is 3.72. The Morgan fingerprint density at radius 3 is 2.60 bits per heavy atom. The summed E-state index contributed by atoms with van der Waals surface area (Å²) in [6.45, 7) is 6.37. The standard InChI is InChI=1S/C19H22N4O2/c1-3-24-12-4-11-20-17-10-9-16(13-21-17)19-22-18(23-25-19)15-7-5-14(2)6-8-15/h5-10,13H,3-4,11-12H2,1-2H3,(H,20,21). The maximum absolute atomic E-state index is 5.36. The van der Waals surface area contributed by atoms with Gasteiger partial charge >= 0.3 is 0 Å². The van der Waals surface area contributed by atoms with Gasteiger partial charge in [0.2, 0.25) is 5.82 Å². The fraction of sp³-hybridized carbons (Fsp3) is 0.316. The molecular weight excluding hydrogens is 316 g/mol. The van der Waals surface area contributed by atoms with Crippen molar-refractivity contribution in [2.24, 2.45) is 0 Å². The molecule has 0 amide bonds. The summed E-state index contributed by atoms with van der Waals surface area (Å²) in [6, 6.07) is 11.9. The number of hydrogen-bond donors (Lipinski definition) is 1. The van der Waals surface area contributed by atoms with Crippen molar-refractivity contribution in [1.82, 2.24) is 15.1 Å². The molecule has 2 heterocycles. The summed E-state index contributed by atoms with van der Waals surface area (Å²) in [5.74, 6) is 1.86. The van der Waals surface area contributed by atoms with Gasteiger partial charge in [0.05, 0.1) is 5.56 Å². The molecule has 0 saturated carbocycles. The molecule has 0 saturated heterocycles. The zero-order chi connectivity index (χ0) is 17.5. The van der Waals surface area contributed by atoms with Crippen LogP contribution in [0.5, 0.6) is 0 Å². The lowest BCUT2D eigenvalue weighted by Crippen LogP contribution is -2.06. The van der Waals surface area contributed by atoms with Gasteiger partial charge in [-0.25, -0.2) is 4.98 Å². The summed E-state index contributed by atoms with van der Waals surface area (Å²) in [5, 5.41) is 7.31. The Labute approximate surface area is 147 Å². The highest BCUT2D eigenvalue weighted by atomic mass is 16.5. The Kier molecular flexibility index (Phi) is 5.74. The predicted molar refractivity (Wildman–Crippen MR) is 97.3 cm³/mol. The number of pyridine rings is 1. The van der Waals surface area contributed by atoms with Crippen LogP contribution in [0.1, 0.15) is 18.9 Å². The van der Waals surface area contributed by atoms with Crippen LogP contribution in [-0.2, 0) is 4.74 Å². The lowest BCUT2D eigenvalue weighted by Gasteiger charge is -2.05. The number of hydrogen-bond acceptors (Lipinski definition) is 6. The SMILES string of the molecule is CCOCCCNc1ccc(-c2nc(-c3ccc(C)cc3)no2)cn1. The molecule has 130 valence electrons. The second-order valence-electron chi connectivity index (χ2n) is 5.70. The van der Waals surface area contributed by atoms with Gasteiger partial charge in [0, 0.05) is 31.5 Å². The van der Waals surface area contributed by atoms with Crippen LogP contribution in [0.2, 0.25) is 0 Å². The van der Waals surface area contributed by atoms with E-state index in [9.17, 15) is 0 Å². The number of rotatable bonds is 8. The summed E-state index contributed by atoms with van der Waals surface area (Å²) in [4.78, 5) is 8.84. The number of benzene rings is 1. The summed E-state index contributed by atoms with van der Waals surface area (Å²) in [5.41, 5.74) is 2.92. The molecule has 3 aromatic rings. The van der Waals surface area contributed by atoms with Crippen LogP contribution in [0.4, 0.5) is 5.82 Å². The lowest BCUT2D eigenvalue weighted by molar-refractivity contribution is 0.147. The third-order valence-electron chi connectivity index (χ3n) is 3.72. The highest BCUT2D eigenvalue weighted by molar-refractivity contribution is 5.60. The molecule has 0 unspecified atom stereocenters. The Morgan fingerprint density at radius 1 is 1.08 bits per heavy atom. The van der Waals surface area contributed by atoms with Crippen molar-refractivity contribution in [2.75, 3.05) is 25.1 Å². The van der Waals surface area contributed by atoms with Gasteiger partial charge in [0.25, 0.3) is 5.89 Å². The lowest BCUT2D eigenvalue weighted by atomic mass is 10.1. The topological polar surface area (TPSA) is 73.1 Å². The van der Waals surface area contributed by atoms with Crippen LogP contribution in [0.15, 0.2) is 47.1 Å². The van der Waals surface area contributed by atoms with Crippen molar-refractivity contribution in [3.63, 3.8) is 0 Å². The molecule has 0 aliphatic rings. The molecule has 0 spiro atoms. The molecule has 6 nitrogen and oxygen atoms in total. The summed E-state index contributed by atoms with van der Waals surface area (Å²) < 4.78 is 10.7. The summed E-state index contributed by atoms with van der Waals surface area (Å²) >= 11 is 0. The molecule has 25 heavy (non-hydrogen) atoms. The van der Waals surface area contributed by atoms with Gasteiger partial charge in [-0.05, 0) is 32.4 Å². The number of aromatic nitrogens is 3. The van der Waals surface area contributed by atoms with Crippen molar-refractivity contribution in [3.05, 3.63) is 48.2 Å². The first kappa shape index (κ1) is 17.1. The van der Waals surface area contributed by atoms with Crippen molar-refractivity contribution in [3.8, 4) is 22.8 Å². The maximum atomic E-state index is 5.36. The van der Waals surface area contributed by atoms with Crippen LogP contribution in [0, 0.1) is 6.92 Å². The molecule has 3 rings (SSSR count). The van der Waals surface area contributed by atoms with Crippen LogP contribution >= 0.6 is 0 Å². The van der Waals surface area contributed by atoms with E-state index < -0.39 is 0 Å². The van der Waals surface area contributed by atoms with Gasteiger partial charge in [0.1, 0.15) is 5.82 Å². The molecule has 0 aliphatic heterocycles. The number of nitrogens with one attached hydrogen (secondary N) is 1. The minimum absolute atomic E-state index is 0.464. The molecule has 0 radical (unpaired) electrons. The molecule has 1 aromatic carbocycles. The number of ether oxygens (including phenoxy) is 1. The molecule has 0 bridgehead atoms. The fourth-order valence-electron chi connectivity index (χ4n) is 2.32. The Hall–Kier alpha value is -2.73. The third kappa shape index (κ3) is 4.64. The largest absolute Gasteiger partial charge is 0.382 e. The molecule has 6 heteroatoms. The van der Waals surface area contributed by atoms with Gasteiger partial charge in [-0.2, -0.15) is 4.98 Å². The van der Waals surface area contributed by atoms with E-state index in [1.165, 1.54) is 5.56 Å². The van der Waals surface area contributed by atoms with E-state index in [0.29, 0.717) is 11.7 Å². The normalized spacial score (nSPS) is 10.8. The van der Waals surface area contributed by atoms with Crippen molar-refractivity contribution in [2.45, 2.75) is 20.3 Å². The quantitative estimate of drug-likeness (QED) is 0.627. The number of nitrogens with zero attached hydrogens (tertiary/aromatic N) is 3. The van der Waals surface area contributed by atoms with Crippen LogP contribution < -0.4 is 5.32 Å². The van der Waals surface area contributed by atoms with E-state index in [1.54, 1.807) is 6.20 Å². The van der Waals surface area contributed by atoms with E-state index in [-0.39, 0.29) is 0 Å². The zero-order valence-electron chi connectivity index (χ0n) is 14.5. The van der Waals surface area contributed by atoms with Gasteiger partial charge in [-0.3, -0.25) is 0 Å². The zero-order valence-corrected chi connectivity index (χ0v) is 14.5. The van der Waals surface area contributed by atoms with E-state index in [4.69, 9.17) is 9.26 Å². The minimum atomic E-state index is 0.464. The highest BCUT2D eigenvalue weighted by Crippen LogP contribution is 2.22. The van der Waals surface area contributed by atoms with Gasteiger partial charge in [-0.1, -0.05) is 35.0 Å². The first-order valence-corrected chi connectivity index (χ1v) is 8.45. The average molecular weight is 338 g/mol. The molecule has 2 aromatic heterocycles. The highest BCUT2D eigenvalue weighted by Gasteiger charge is 2.10. The maximum Gasteiger partial charge on any atom is 0.259 e. The van der Waals surface area contributed by atoms with Crippen molar-refractivity contribution < 1.29 is 9.26 Å². The monoisotopic (exact) mass is 338 g/mol. The molecule has 0 aliphatic carbocycles. The van der Waals surface area contributed by atoms with Crippen molar-refractivity contribution >= 4 is 5.82 Å². The van der Waals surface area contributed by atoms with Crippen LogP contribution in [0.25, 0.3) is 22.8 Å². The average Bonchev–Trinajstić information content (AvgIpc) is 3.13.